The van der Waals surface area contributed by atoms with Crippen LogP contribution in [0.3, 0.4) is 0 Å². The van der Waals surface area contributed by atoms with Gasteiger partial charge in [0, 0.05) is 7.05 Å². The first-order valence-corrected chi connectivity index (χ1v) is 1.84. The molecule has 0 rings (SSSR count). The summed E-state index contributed by atoms with van der Waals surface area (Å²) < 4.78 is 4.54. The van der Waals surface area contributed by atoms with E-state index in [1.54, 1.807) is 7.05 Å². The average Bonchev–Trinajstić information content (AvgIpc) is 1.68. The Kier molecular flexibility index (Phi) is 2.92. The maximum atomic E-state index is 4.54. The molecule has 7 heavy (non-hydrogen) atoms. The van der Waals surface area contributed by atoms with Crippen molar-refractivity contribution in [2.75, 3.05) is 14.2 Å². The maximum absolute atomic E-state index is 4.54. The number of hydrogen-bond donors (Lipinski definition) is 0. The van der Waals surface area contributed by atoms with Gasteiger partial charge in [0.1, 0.15) is 0 Å². The number of methoxy groups -OCH3 is 1. The third-order valence-electron chi connectivity index (χ3n) is 0.447. The molecule has 0 fully saturated rings. The van der Waals surface area contributed by atoms with Gasteiger partial charge in [0.05, 0.1) is 7.11 Å². The van der Waals surface area contributed by atoms with Gasteiger partial charge in [-0.15, -0.1) is 5.11 Å². The van der Waals surface area contributed by atoms with Crippen LogP contribution in [-0.2, 0) is 4.74 Å². The van der Waals surface area contributed by atoms with Crippen LogP contribution < -0.4 is 0 Å². The van der Waals surface area contributed by atoms with E-state index in [9.17, 15) is 0 Å². The van der Waals surface area contributed by atoms with E-state index in [2.05, 4.69) is 21.5 Å². The molecule has 0 aliphatic rings. The van der Waals surface area contributed by atoms with E-state index in [0.717, 1.165) is 0 Å². The van der Waals surface area contributed by atoms with E-state index in [0.29, 0.717) is 5.88 Å². The molecule has 0 heterocycles. The van der Waals surface area contributed by atoms with Crippen LogP contribution in [-0.4, -0.2) is 14.2 Å². The number of nitrogens with zero attached hydrogens (tertiary/aromatic N) is 2. The van der Waals surface area contributed by atoms with Crippen molar-refractivity contribution < 1.29 is 4.74 Å². The predicted molar refractivity (Wildman–Crippen MR) is 26.9 cm³/mol. The van der Waals surface area contributed by atoms with Gasteiger partial charge in [-0.05, 0) is 6.58 Å². The zero-order valence-electron chi connectivity index (χ0n) is 4.51. The van der Waals surface area contributed by atoms with Gasteiger partial charge in [0.25, 0.3) is 0 Å². The lowest BCUT2D eigenvalue weighted by atomic mass is 10.9. The van der Waals surface area contributed by atoms with Crippen LogP contribution in [0, 0.1) is 0 Å². The van der Waals surface area contributed by atoms with Gasteiger partial charge in [-0.3, -0.25) is 0 Å². The van der Waals surface area contributed by atoms with Gasteiger partial charge in [-0.1, -0.05) is 0 Å². The van der Waals surface area contributed by atoms with Crippen molar-refractivity contribution >= 4 is 0 Å². The van der Waals surface area contributed by atoms with Crippen LogP contribution >= 0.6 is 0 Å². The van der Waals surface area contributed by atoms with Crippen molar-refractivity contribution in [3.63, 3.8) is 0 Å². The molecule has 0 aromatic carbocycles. The smallest absolute Gasteiger partial charge is 0.225 e. The summed E-state index contributed by atoms with van der Waals surface area (Å²) in [5.41, 5.74) is 0. The third-order valence-corrected chi connectivity index (χ3v) is 0.447. The minimum Gasteiger partial charge on any atom is -0.480 e. The van der Waals surface area contributed by atoms with Crippen molar-refractivity contribution in [1.82, 2.24) is 0 Å². The van der Waals surface area contributed by atoms with Gasteiger partial charge in [-0.2, -0.15) is 5.11 Å². The summed E-state index contributed by atoms with van der Waals surface area (Å²) in [6.07, 6.45) is 0. The Labute approximate surface area is 42.7 Å². The summed E-state index contributed by atoms with van der Waals surface area (Å²) in [5, 5.41) is 6.86. The molecule has 0 aliphatic carbocycles. The van der Waals surface area contributed by atoms with Crippen LogP contribution in [0.25, 0.3) is 0 Å². The van der Waals surface area contributed by atoms with E-state index in [-0.39, 0.29) is 0 Å². The summed E-state index contributed by atoms with van der Waals surface area (Å²) in [4.78, 5) is 0. The van der Waals surface area contributed by atoms with Crippen LogP contribution in [0.15, 0.2) is 22.7 Å². The van der Waals surface area contributed by atoms with Crippen molar-refractivity contribution in [1.29, 1.82) is 0 Å². The molecule has 0 N–H and O–H groups in total. The lowest BCUT2D eigenvalue weighted by molar-refractivity contribution is 0.286. The standard InChI is InChI=1S/C4H8N2O/c1-4(7-3)6-5-2/h1H2,2-3H3/b6-5-. The second-order valence-electron chi connectivity index (χ2n) is 0.898. The molecule has 0 radical (unpaired) electrons. The van der Waals surface area contributed by atoms with Crippen LogP contribution in [0.1, 0.15) is 0 Å². The quantitative estimate of drug-likeness (QED) is 0.379. The topological polar surface area (TPSA) is 34.0 Å². The highest BCUT2D eigenvalue weighted by Gasteiger charge is 1.77. The van der Waals surface area contributed by atoms with Gasteiger partial charge in [0.15, 0.2) is 0 Å². The Balaban J connectivity index is 3.37. The summed E-state index contributed by atoms with van der Waals surface area (Å²) in [6, 6.07) is 0. The number of hydrogen-bond acceptors (Lipinski definition) is 3. The molecule has 3 heteroatoms. The van der Waals surface area contributed by atoms with Gasteiger partial charge >= 0.3 is 0 Å². The van der Waals surface area contributed by atoms with Gasteiger partial charge in [0.2, 0.25) is 5.88 Å². The molecular weight excluding hydrogens is 92.1 g/mol. The Bertz CT molecular complexity index is 87.7. The minimum atomic E-state index is 0.336. The zero-order valence-corrected chi connectivity index (χ0v) is 4.51. The molecule has 0 bridgehead atoms. The highest BCUT2D eigenvalue weighted by Crippen LogP contribution is 1.89. The number of azo groups is 1. The molecular formula is C4H8N2O. The van der Waals surface area contributed by atoms with Crippen LogP contribution in [0.5, 0.6) is 0 Å². The van der Waals surface area contributed by atoms with E-state index >= 15 is 0 Å². The molecule has 0 atom stereocenters. The third kappa shape index (κ3) is 2.96. The molecule has 0 aromatic rings. The normalized spacial score (nSPS) is 9.43. The van der Waals surface area contributed by atoms with Gasteiger partial charge < -0.3 is 4.74 Å². The van der Waals surface area contributed by atoms with Crippen molar-refractivity contribution in [3.8, 4) is 0 Å². The SMILES string of the molecule is C=C(/N=N\C)OC. The summed E-state index contributed by atoms with van der Waals surface area (Å²) in [5.74, 6) is 0.336. The van der Waals surface area contributed by atoms with Crippen molar-refractivity contribution in [2.24, 2.45) is 10.2 Å². The fourth-order valence-corrected chi connectivity index (χ4v) is 0.152. The molecule has 0 aromatic heterocycles. The lowest BCUT2D eigenvalue weighted by Gasteiger charge is -1.89. The van der Waals surface area contributed by atoms with E-state index < -0.39 is 0 Å². The summed E-state index contributed by atoms with van der Waals surface area (Å²) >= 11 is 0. The maximum Gasteiger partial charge on any atom is 0.225 e. The number of ether oxygens (including phenoxy) is 1. The number of rotatable bonds is 2. The second kappa shape index (κ2) is 3.33. The van der Waals surface area contributed by atoms with E-state index in [1.807, 2.05) is 0 Å². The molecule has 0 unspecified atom stereocenters. The van der Waals surface area contributed by atoms with E-state index in [4.69, 9.17) is 0 Å². The first kappa shape index (κ1) is 6.14. The molecule has 0 saturated heterocycles. The first-order valence-electron chi connectivity index (χ1n) is 1.84. The highest BCUT2D eigenvalue weighted by molar-refractivity contribution is 4.74. The molecule has 0 amide bonds. The molecule has 40 valence electrons. The first-order chi connectivity index (χ1) is 3.31. The molecule has 3 nitrogen and oxygen atoms in total. The Morgan fingerprint density at radius 3 is 2.43 bits per heavy atom. The van der Waals surface area contributed by atoms with Crippen molar-refractivity contribution in [2.45, 2.75) is 0 Å². The average molecular weight is 100 g/mol. The second-order valence-corrected chi connectivity index (χ2v) is 0.898. The molecule has 0 saturated carbocycles. The monoisotopic (exact) mass is 100 g/mol. The summed E-state index contributed by atoms with van der Waals surface area (Å²) in [7, 11) is 3.06. The Morgan fingerprint density at radius 2 is 2.29 bits per heavy atom. The Morgan fingerprint density at radius 1 is 1.71 bits per heavy atom. The van der Waals surface area contributed by atoms with E-state index in [1.165, 1.54) is 7.11 Å². The van der Waals surface area contributed by atoms with Crippen LogP contribution in [0.4, 0.5) is 0 Å². The highest BCUT2D eigenvalue weighted by atomic mass is 16.5. The molecule has 0 aliphatic heterocycles. The zero-order chi connectivity index (χ0) is 5.70. The Hall–Kier alpha value is -0.860. The summed E-state index contributed by atoms with van der Waals surface area (Å²) in [6.45, 7) is 3.38. The largest absolute Gasteiger partial charge is 0.480 e. The van der Waals surface area contributed by atoms with Gasteiger partial charge in [-0.25, -0.2) is 0 Å². The predicted octanol–water partition coefficient (Wildman–Crippen LogP) is 1.19. The fraction of sp³-hybridized carbons (Fsp3) is 0.500. The van der Waals surface area contributed by atoms with Crippen molar-refractivity contribution in [3.05, 3.63) is 12.5 Å². The fourth-order valence-electron chi connectivity index (χ4n) is 0.152. The minimum absolute atomic E-state index is 0.336. The molecule has 0 spiro atoms. The van der Waals surface area contributed by atoms with Crippen LogP contribution in [0.2, 0.25) is 0 Å². The lowest BCUT2D eigenvalue weighted by Crippen LogP contribution is -1.74.